The van der Waals surface area contributed by atoms with Gasteiger partial charge in [-0.1, -0.05) is 0 Å². The predicted molar refractivity (Wildman–Crippen MR) is 70.9 cm³/mol. The number of hydrogen-bond donors (Lipinski definition) is 2. The van der Waals surface area contributed by atoms with Gasteiger partial charge in [-0.3, -0.25) is 0 Å². The Morgan fingerprint density at radius 2 is 2.17 bits per heavy atom. The number of nitrogens with one attached hydrogen (secondary N) is 1. The number of halogens is 1. The van der Waals surface area contributed by atoms with Gasteiger partial charge in [-0.25, -0.2) is 17.5 Å². The smallest absolute Gasteiger partial charge is 0.240 e. The van der Waals surface area contributed by atoms with Crippen LogP contribution in [0, 0.1) is 5.82 Å². The van der Waals surface area contributed by atoms with Crippen molar-refractivity contribution in [3.05, 3.63) is 17.9 Å². The van der Waals surface area contributed by atoms with E-state index in [2.05, 4.69) is 4.72 Å². The first-order valence-electron chi connectivity index (χ1n) is 5.04. The molecule has 102 valence electrons. The van der Waals surface area contributed by atoms with E-state index in [1.165, 1.54) is 24.9 Å². The maximum atomic E-state index is 13.5. The van der Waals surface area contributed by atoms with Crippen molar-refractivity contribution in [2.24, 2.45) is 0 Å². The van der Waals surface area contributed by atoms with Gasteiger partial charge in [0.15, 0.2) is 11.6 Å². The molecule has 0 saturated carbocycles. The molecular weight excluding hydrogens is 279 g/mol. The Morgan fingerprint density at radius 3 is 2.67 bits per heavy atom. The van der Waals surface area contributed by atoms with Gasteiger partial charge >= 0.3 is 0 Å². The molecule has 0 atom stereocenters. The van der Waals surface area contributed by atoms with Crippen molar-refractivity contribution < 1.29 is 17.5 Å². The van der Waals surface area contributed by atoms with Crippen LogP contribution in [-0.2, 0) is 10.0 Å². The molecule has 0 fully saturated rings. The van der Waals surface area contributed by atoms with E-state index in [4.69, 9.17) is 10.5 Å². The van der Waals surface area contributed by atoms with Crippen LogP contribution in [0.1, 0.15) is 0 Å². The molecular formula is C10H15FN2O3S2. The van der Waals surface area contributed by atoms with E-state index in [-0.39, 0.29) is 22.9 Å². The molecule has 8 heteroatoms. The van der Waals surface area contributed by atoms with Crippen LogP contribution in [0.15, 0.2) is 17.0 Å². The summed E-state index contributed by atoms with van der Waals surface area (Å²) < 4.78 is 44.3. The van der Waals surface area contributed by atoms with Crippen molar-refractivity contribution in [2.45, 2.75) is 4.90 Å². The SMILES string of the molecule is COc1c(N)cc(S(=O)(=O)NCCSC)cc1F. The molecule has 1 aromatic carbocycles. The molecule has 0 radical (unpaired) electrons. The number of rotatable bonds is 6. The lowest BCUT2D eigenvalue weighted by atomic mass is 10.3. The summed E-state index contributed by atoms with van der Waals surface area (Å²) in [5, 5.41) is 0. The number of anilines is 1. The number of hydrogen-bond acceptors (Lipinski definition) is 5. The Kier molecular flexibility index (Phi) is 5.24. The Bertz CT molecular complexity index is 497. The number of nitrogen functional groups attached to an aromatic ring is 1. The molecule has 3 N–H and O–H groups in total. The minimum atomic E-state index is -3.74. The van der Waals surface area contributed by atoms with E-state index in [0.717, 1.165) is 6.07 Å². The summed E-state index contributed by atoms with van der Waals surface area (Å²) in [5.41, 5.74) is 5.47. The Hall–Kier alpha value is -0.990. The van der Waals surface area contributed by atoms with Crippen LogP contribution in [0.2, 0.25) is 0 Å². The lowest BCUT2D eigenvalue weighted by molar-refractivity contribution is 0.388. The molecule has 5 nitrogen and oxygen atoms in total. The quantitative estimate of drug-likeness (QED) is 0.605. The van der Waals surface area contributed by atoms with E-state index in [9.17, 15) is 12.8 Å². The summed E-state index contributed by atoms with van der Waals surface area (Å²) >= 11 is 1.50. The summed E-state index contributed by atoms with van der Waals surface area (Å²) in [5.74, 6) is -0.325. The van der Waals surface area contributed by atoms with Crippen LogP contribution in [0.25, 0.3) is 0 Å². The van der Waals surface area contributed by atoms with Gasteiger partial charge in [0.05, 0.1) is 17.7 Å². The normalized spacial score (nSPS) is 11.5. The fraction of sp³-hybridized carbons (Fsp3) is 0.400. The minimum absolute atomic E-state index is 0.0530. The fourth-order valence-electron chi connectivity index (χ4n) is 1.32. The van der Waals surface area contributed by atoms with Gasteiger partial charge in [0.25, 0.3) is 0 Å². The molecule has 0 aliphatic heterocycles. The molecule has 0 bridgehead atoms. The first-order valence-corrected chi connectivity index (χ1v) is 7.91. The Balaban J connectivity index is 3.03. The fourth-order valence-corrected chi connectivity index (χ4v) is 2.83. The summed E-state index contributed by atoms with van der Waals surface area (Å²) in [6, 6.07) is 2.06. The number of thioether (sulfide) groups is 1. The van der Waals surface area contributed by atoms with E-state index in [0.29, 0.717) is 5.75 Å². The molecule has 0 unspecified atom stereocenters. The second-order valence-corrected chi connectivity index (χ2v) is 6.17. The zero-order chi connectivity index (χ0) is 13.8. The molecule has 1 rings (SSSR count). The summed E-state index contributed by atoms with van der Waals surface area (Å²) in [6.07, 6.45) is 1.86. The molecule has 0 spiro atoms. The Morgan fingerprint density at radius 1 is 1.50 bits per heavy atom. The largest absolute Gasteiger partial charge is 0.492 e. The van der Waals surface area contributed by atoms with Gasteiger partial charge < -0.3 is 10.5 Å². The highest BCUT2D eigenvalue weighted by atomic mass is 32.2. The van der Waals surface area contributed by atoms with Gasteiger partial charge in [-0.05, 0) is 18.4 Å². The van der Waals surface area contributed by atoms with Gasteiger partial charge in [-0.2, -0.15) is 11.8 Å². The third-order valence-corrected chi connectivity index (χ3v) is 4.21. The highest BCUT2D eigenvalue weighted by Gasteiger charge is 2.18. The van der Waals surface area contributed by atoms with Crippen molar-refractivity contribution in [2.75, 3.05) is 31.4 Å². The number of sulfonamides is 1. The van der Waals surface area contributed by atoms with Gasteiger partial charge in [0, 0.05) is 12.3 Å². The second-order valence-electron chi connectivity index (χ2n) is 3.42. The van der Waals surface area contributed by atoms with Crippen molar-refractivity contribution in [1.29, 1.82) is 0 Å². The molecule has 0 amide bonds. The van der Waals surface area contributed by atoms with E-state index < -0.39 is 15.8 Å². The summed E-state index contributed by atoms with van der Waals surface area (Å²) in [4.78, 5) is -0.209. The topological polar surface area (TPSA) is 81.4 Å². The average molecular weight is 294 g/mol. The third kappa shape index (κ3) is 3.50. The maximum Gasteiger partial charge on any atom is 0.240 e. The first-order chi connectivity index (χ1) is 8.42. The van der Waals surface area contributed by atoms with Crippen LogP contribution in [-0.4, -0.2) is 34.1 Å². The van der Waals surface area contributed by atoms with Gasteiger partial charge in [0.2, 0.25) is 10.0 Å². The Labute approximate surface area is 110 Å². The predicted octanol–water partition coefficient (Wildman–Crippen LogP) is 1.06. The standard InChI is InChI=1S/C10H15FN2O3S2/c1-16-10-8(11)5-7(6-9(10)12)18(14,15)13-3-4-17-2/h5-6,13H,3-4,12H2,1-2H3. The number of benzene rings is 1. The second kappa shape index (κ2) is 6.26. The monoisotopic (exact) mass is 294 g/mol. The highest BCUT2D eigenvalue weighted by Crippen LogP contribution is 2.28. The van der Waals surface area contributed by atoms with Crippen molar-refractivity contribution in [1.82, 2.24) is 4.72 Å². The maximum absolute atomic E-state index is 13.5. The first kappa shape index (κ1) is 15.1. The van der Waals surface area contributed by atoms with Crippen LogP contribution in [0.4, 0.5) is 10.1 Å². The van der Waals surface area contributed by atoms with Crippen molar-refractivity contribution >= 4 is 27.5 Å². The zero-order valence-electron chi connectivity index (χ0n) is 10.1. The third-order valence-electron chi connectivity index (χ3n) is 2.16. The van der Waals surface area contributed by atoms with E-state index in [1.807, 2.05) is 6.26 Å². The van der Waals surface area contributed by atoms with Crippen LogP contribution < -0.4 is 15.2 Å². The zero-order valence-corrected chi connectivity index (χ0v) is 11.7. The average Bonchev–Trinajstić information content (AvgIpc) is 2.28. The van der Waals surface area contributed by atoms with Crippen LogP contribution >= 0.6 is 11.8 Å². The molecule has 0 aromatic heterocycles. The van der Waals surface area contributed by atoms with E-state index in [1.54, 1.807) is 0 Å². The number of ether oxygens (including phenoxy) is 1. The van der Waals surface area contributed by atoms with Crippen molar-refractivity contribution in [3.8, 4) is 5.75 Å². The van der Waals surface area contributed by atoms with Gasteiger partial charge in [-0.15, -0.1) is 0 Å². The summed E-state index contributed by atoms with van der Waals surface area (Å²) in [6.45, 7) is 0.275. The molecule has 0 aliphatic rings. The van der Waals surface area contributed by atoms with E-state index >= 15 is 0 Å². The number of methoxy groups -OCH3 is 1. The minimum Gasteiger partial charge on any atom is -0.492 e. The molecule has 1 aromatic rings. The lowest BCUT2D eigenvalue weighted by Crippen LogP contribution is -2.26. The molecule has 0 saturated heterocycles. The number of nitrogens with two attached hydrogens (primary N) is 1. The highest BCUT2D eigenvalue weighted by molar-refractivity contribution is 7.98. The molecule has 0 heterocycles. The molecule has 18 heavy (non-hydrogen) atoms. The summed E-state index contributed by atoms with van der Waals surface area (Å²) in [7, 11) is -2.48. The molecule has 0 aliphatic carbocycles. The van der Waals surface area contributed by atoms with Crippen molar-refractivity contribution in [3.63, 3.8) is 0 Å². The van der Waals surface area contributed by atoms with Crippen LogP contribution in [0.5, 0.6) is 5.75 Å². The van der Waals surface area contributed by atoms with Crippen LogP contribution in [0.3, 0.4) is 0 Å². The van der Waals surface area contributed by atoms with Gasteiger partial charge in [0.1, 0.15) is 0 Å². The lowest BCUT2D eigenvalue weighted by Gasteiger charge is -2.10.